The van der Waals surface area contributed by atoms with Gasteiger partial charge in [-0.25, -0.2) is 0 Å². The van der Waals surface area contributed by atoms with Gasteiger partial charge in [-0.3, -0.25) is 4.79 Å². The molecule has 1 amide bonds. The maximum atomic E-state index is 12.2. The van der Waals surface area contributed by atoms with Gasteiger partial charge in [0.25, 0.3) is 0 Å². The molecule has 0 unspecified atom stereocenters. The fourth-order valence-corrected chi connectivity index (χ4v) is 3.24. The minimum atomic E-state index is 0.309. The summed E-state index contributed by atoms with van der Waals surface area (Å²) >= 11 is 0. The summed E-state index contributed by atoms with van der Waals surface area (Å²) in [5.41, 5.74) is 4.14. The van der Waals surface area contributed by atoms with Crippen molar-refractivity contribution >= 4 is 11.6 Å². The molecule has 1 aliphatic heterocycles. The van der Waals surface area contributed by atoms with E-state index in [0.29, 0.717) is 24.2 Å². The molecular weight excluding hydrogens is 272 g/mol. The van der Waals surface area contributed by atoms with Crippen LogP contribution in [-0.4, -0.2) is 37.0 Å². The van der Waals surface area contributed by atoms with E-state index < -0.39 is 0 Å². The maximum Gasteiger partial charge on any atom is 0.222 e. The van der Waals surface area contributed by atoms with Crippen LogP contribution in [0.2, 0.25) is 0 Å². The molecule has 22 heavy (non-hydrogen) atoms. The van der Waals surface area contributed by atoms with Crippen molar-refractivity contribution in [3.05, 3.63) is 29.3 Å². The summed E-state index contributed by atoms with van der Waals surface area (Å²) in [4.78, 5) is 16.7. The smallest absolute Gasteiger partial charge is 0.222 e. The van der Waals surface area contributed by atoms with Crippen LogP contribution in [0.3, 0.4) is 0 Å². The number of aryl methyl sites for hydroxylation is 1. The third-order valence-corrected chi connectivity index (χ3v) is 4.42. The Labute approximate surface area is 135 Å². The van der Waals surface area contributed by atoms with Crippen molar-refractivity contribution in [3.8, 4) is 0 Å². The predicted molar refractivity (Wildman–Crippen MR) is 93.5 cm³/mol. The largest absolute Gasteiger partial charge is 0.368 e. The first-order valence-electron chi connectivity index (χ1n) is 8.52. The topological polar surface area (TPSA) is 23.6 Å². The summed E-state index contributed by atoms with van der Waals surface area (Å²) < 4.78 is 0. The van der Waals surface area contributed by atoms with Gasteiger partial charge in [-0.2, -0.15) is 0 Å². The lowest BCUT2D eigenvalue weighted by molar-refractivity contribution is -0.132. The predicted octanol–water partition coefficient (Wildman–Crippen LogP) is 3.81. The zero-order valence-electron chi connectivity index (χ0n) is 14.7. The van der Waals surface area contributed by atoms with Crippen LogP contribution >= 0.6 is 0 Å². The van der Waals surface area contributed by atoms with E-state index in [4.69, 9.17) is 0 Å². The van der Waals surface area contributed by atoms with E-state index in [0.717, 1.165) is 26.2 Å². The second-order valence-electron chi connectivity index (χ2n) is 7.13. The van der Waals surface area contributed by atoms with Crippen LogP contribution in [0.15, 0.2) is 18.2 Å². The van der Waals surface area contributed by atoms with Crippen LogP contribution in [0, 0.1) is 12.8 Å². The fraction of sp³-hybridized carbons (Fsp3) is 0.632. The molecule has 122 valence electrons. The second-order valence-corrected chi connectivity index (χ2v) is 7.13. The van der Waals surface area contributed by atoms with Crippen molar-refractivity contribution in [3.63, 3.8) is 0 Å². The SMILES string of the molecule is Cc1cccc(C(C)C)c1N1CCN(C(=O)CC(C)C)CC1. The molecular formula is C19H30N2O. The first kappa shape index (κ1) is 16.9. The van der Waals surface area contributed by atoms with Crippen LogP contribution in [0.1, 0.15) is 51.2 Å². The van der Waals surface area contributed by atoms with Crippen LogP contribution in [0.5, 0.6) is 0 Å². The van der Waals surface area contributed by atoms with Crippen molar-refractivity contribution in [2.45, 2.75) is 47.0 Å². The summed E-state index contributed by atoms with van der Waals surface area (Å²) in [6.45, 7) is 14.5. The summed E-state index contributed by atoms with van der Waals surface area (Å²) in [6.07, 6.45) is 0.668. The van der Waals surface area contributed by atoms with Crippen LogP contribution < -0.4 is 4.90 Å². The first-order valence-corrected chi connectivity index (χ1v) is 8.52. The minimum Gasteiger partial charge on any atom is -0.368 e. The van der Waals surface area contributed by atoms with Gasteiger partial charge in [-0.15, -0.1) is 0 Å². The quantitative estimate of drug-likeness (QED) is 0.844. The maximum absolute atomic E-state index is 12.2. The van der Waals surface area contributed by atoms with Crippen LogP contribution in [0.4, 0.5) is 5.69 Å². The van der Waals surface area contributed by atoms with E-state index in [1.54, 1.807) is 0 Å². The number of benzene rings is 1. The highest BCUT2D eigenvalue weighted by Crippen LogP contribution is 2.31. The number of anilines is 1. The van der Waals surface area contributed by atoms with Gasteiger partial charge in [0.1, 0.15) is 0 Å². The van der Waals surface area contributed by atoms with Crippen molar-refractivity contribution in [1.29, 1.82) is 0 Å². The normalized spacial score (nSPS) is 15.8. The van der Waals surface area contributed by atoms with Gasteiger partial charge >= 0.3 is 0 Å². The summed E-state index contributed by atoms with van der Waals surface area (Å²) in [7, 11) is 0. The van der Waals surface area contributed by atoms with Gasteiger partial charge in [0.05, 0.1) is 0 Å². The minimum absolute atomic E-state index is 0.309. The van der Waals surface area contributed by atoms with Crippen molar-refractivity contribution in [2.24, 2.45) is 5.92 Å². The molecule has 0 bridgehead atoms. The number of amides is 1. The molecule has 1 heterocycles. The number of piperazine rings is 1. The molecule has 2 rings (SSSR count). The second kappa shape index (κ2) is 7.17. The molecule has 1 fully saturated rings. The summed E-state index contributed by atoms with van der Waals surface area (Å²) in [5.74, 6) is 1.27. The Morgan fingerprint density at radius 3 is 2.27 bits per heavy atom. The lowest BCUT2D eigenvalue weighted by Gasteiger charge is -2.38. The van der Waals surface area contributed by atoms with Gasteiger partial charge < -0.3 is 9.80 Å². The van der Waals surface area contributed by atoms with Crippen molar-refractivity contribution < 1.29 is 4.79 Å². The average Bonchev–Trinajstić information content (AvgIpc) is 2.46. The van der Waals surface area contributed by atoms with E-state index in [9.17, 15) is 4.79 Å². The van der Waals surface area contributed by atoms with Crippen molar-refractivity contribution in [1.82, 2.24) is 4.90 Å². The first-order chi connectivity index (χ1) is 10.4. The Morgan fingerprint density at radius 1 is 1.09 bits per heavy atom. The number of hydrogen-bond donors (Lipinski definition) is 0. The van der Waals surface area contributed by atoms with Gasteiger partial charge in [0, 0.05) is 38.3 Å². The zero-order valence-corrected chi connectivity index (χ0v) is 14.7. The fourth-order valence-electron chi connectivity index (χ4n) is 3.24. The highest BCUT2D eigenvalue weighted by Gasteiger charge is 2.24. The molecule has 3 nitrogen and oxygen atoms in total. The van der Waals surface area contributed by atoms with Gasteiger partial charge in [0.15, 0.2) is 0 Å². The number of carbonyl (C=O) groups is 1. The Balaban J connectivity index is 2.08. The Morgan fingerprint density at radius 2 is 1.73 bits per heavy atom. The van der Waals surface area contributed by atoms with Gasteiger partial charge in [-0.1, -0.05) is 45.9 Å². The number of rotatable bonds is 4. The van der Waals surface area contributed by atoms with Crippen LogP contribution in [0.25, 0.3) is 0 Å². The number of carbonyl (C=O) groups excluding carboxylic acids is 1. The monoisotopic (exact) mass is 302 g/mol. The Hall–Kier alpha value is -1.51. The zero-order chi connectivity index (χ0) is 16.3. The third kappa shape index (κ3) is 3.82. The highest BCUT2D eigenvalue weighted by atomic mass is 16.2. The molecule has 0 atom stereocenters. The molecule has 0 aliphatic carbocycles. The number of hydrogen-bond acceptors (Lipinski definition) is 2. The number of para-hydroxylation sites is 1. The molecule has 1 saturated heterocycles. The summed E-state index contributed by atoms with van der Waals surface area (Å²) in [6, 6.07) is 6.58. The molecule has 0 saturated carbocycles. The third-order valence-electron chi connectivity index (χ3n) is 4.42. The molecule has 0 aromatic heterocycles. The highest BCUT2D eigenvalue weighted by molar-refractivity contribution is 5.76. The molecule has 3 heteroatoms. The van der Waals surface area contributed by atoms with Gasteiger partial charge in [0.2, 0.25) is 5.91 Å². The Bertz CT molecular complexity index is 514. The molecule has 1 aromatic rings. The number of nitrogens with zero attached hydrogens (tertiary/aromatic N) is 2. The van der Waals surface area contributed by atoms with Crippen molar-refractivity contribution in [2.75, 3.05) is 31.1 Å². The van der Waals surface area contributed by atoms with E-state index >= 15 is 0 Å². The standard InChI is InChI=1S/C19H30N2O/c1-14(2)13-18(22)20-9-11-21(12-10-20)19-16(5)7-6-8-17(19)15(3)4/h6-8,14-15H,9-13H2,1-5H3. The lowest BCUT2D eigenvalue weighted by Crippen LogP contribution is -2.49. The molecule has 0 radical (unpaired) electrons. The molecule has 0 N–H and O–H groups in total. The molecule has 1 aliphatic rings. The van der Waals surface area contributed by atoms with E-state index in [1.165, 1.54) is 16.8 Å². The van der Waals surface area contributed by atoms with E-state index in [2.05, 4.69) is 57.7 Å². The molecule has 1 aromatic carbocycles. The average molecular weight is 302 g/mol. The Kier molecular flexibility index (Phi) is 5.49. The van der Waals surface area contributed by atoms with E-state index in [-0.39, 0.29) is 0 Å². The van der Waals surface area contributed by atoms with E-state index in [1.807, 2.05) is 4.90 Å². The van der Waals surface area contributed by atoms with Gasteiger partial charge in [-0.05, 0) is 29.9 Å². The van der Waals surface area contributed by atoms with Crippen LogP contribution in [-0.2, 0) is 4.79 Å². The summed E-state index contributed by atoms with van der Waals surface area (Å²) in [5, 5.41) is 0. The molecule has 0 spiro atoms. The lowest BCUT2D eigenvalue weighted by atomic mass is 9.97.